The maximum Gasteiger partial charge on any atom is 0.268 e. The molecule has 32 heavy (non-hydrogen) atoms. The fourth-order valence-electron chi connectivity index (χ4n) is 4.28. The second kappa shape index (κ2) is 8.86. The van der Waals surface area contributed by atoms with Crippen LogP contribution in [0, 0.1) is 12.7 Å². The van der Waals surface area contributed by atoms with Gasteiger partial charge in [0, 0.05) is 36.5 Å². The van der Waals surface area contributed by atoms with Crippen LogP contribution in [-0.4, -0.2) is 42.7 Å². The topological polar surface area (TPSA) is 60.8 Å². The fraction of sp³-hybridized carbons (Fsp3) is 0.280. The number of nitrogens with zero attached hydrogens (tertiary/aromatic N) is 2. The first-order chi connectivity index (χ1) is 15.4. The Balaban J connectivity index is 1.63. The molecule has 1 saturated heterocycles. The molecule has 3 aromatic rings. The maximum atomic E-state index is 13.4. The summed E-state index contributed by atoms with van der Waals surface area (Å²) in [4.78, 5) is 28.3. The molecule has 0 saturated carbocycles. The Labute approximate surface area is 185 Å². The van der Waals surface area contributed by atoms with E-state index in [0.717, 1.165) is 12.0 Å². The molecule has 0 N–H and O–H groups in total. The highest BCUT2D eigenvalue weighted by Gasteiger charge is 2.32. The molecule has 4 rings (SSSR count). The van der Waals surface area contributed by atoms with Gasteiger partial charge in [0.15, 0.2) is 11.5 Å². The SMILES string of the molecule is COc1cccc(C2CCN(C(=O)c3c(C)ccn(-c4ccc(F)cc4)c3=O)C2)c1OC. The molecule has 1 amide bonds. The van der Waals surface area contributed by atoms with Crippen LogP contribution in [0.15, 0.2) is 59.5 Å². The van der Waals surface area contributed by atoms with Crippen LogP contribution in [0.2, 0.25) is 0 Å². The van der Waals surface area contributed by atoms with E-state index in [1.54, 1.807) is 38.3 Å². The molecule has 1 aromatic heterocycles. The molecule has 1 aliphatic rings. The van der Waals surface area contributed by atoms with Crippen LogP contribution in [0.4, 0.5) is 4.39 Å². The first-order valence-electron chi connectivity index (χ1n) is 10.4. The number of methoxy groups -OCH3 is 2. The number of likely N-dealkylation sites (tertiary alicyclic amines) is 1. The van der Waals surface area contributed by atoms with Crippen LogP contribution < -0.4 is 15.0 Å². The average molecular weight is 436 g/mol. The van der Waals surface area contributed by atoms with Gasteiger partial charge in [-0.05, 0) is 55.3 Å². The molecule has 166 valence electrons. The molecular formula is C25H25FN2O4. The minimum Gasteiger partial charge on any atom is -0.493 e. The van der Waals surface area contributed by atoms with E-state index in [0.29, 0.717) is 35.8 Å². The van der Waals surface area contributed by atoms with Gasteiger partial charge in [0.2, 0.25) is 0 Å². The van der Waals surface area contributed by atoms with E-state index < -0.39 is 5.56 Å². The van der Waals surface area contributed by atoms with E-state index in [4.69, 9.17) is 9.47 Å². The van der Waals surface area contributed by atoms with Crippen molar-refractivity contribution in [2.75, 3.05) is 27.3 Å². The summed E-state index contributed by atoms with van der Waals surface area (Å²) in [6.07, 6.45) is 2.36. The number of hydrogen-bond acceptors (Lipinski definition) is 4. The molecule has 0 spiro atoms. The Hall–Kier alpha value is -3.61. The van der Waals surface area contributed by atoms with Gasteiger partial charge in [-0.1, -0.05) is 12.1 Å². The molecule has 2 heterocycles. The third-order valence-electron chi connectivity index (χ3n) is 5.97. The highest BCUT2D eigenvalue weighted by Crippen LogP contribution is 2.39. The molecular weight excluding hydrogens is 411 g/mol. The van der Waals surface area contributed by atoms with Crippen LogP contribution in [0.5, 0.6) is 11.5 Å². The lowest BCUT2D eigenvalue weighted by molar-refractivity contribution is 0.0787. The predicted octanol–water partition coefficient (Wildman–Crippen LogP) is 3.93. The van der Waals surface area contributed by atoms with Crippen LogP contribution in [0.25, 0.3) is 5.69 Å². The van der Waals surface area contributed by atoms with E-state index in [2.05, 4.69) is 0 Å². The van der Waals surface area contributed by atoms with Crippen LogP contribution >= 0.6 is 0 Å². The van der Waals surface area contributed by atoms with Gasteiger partial charge in [-0.15, -0.1) is 0 Å². The summed E-state index contributed by atoms with van der Waals surface area (Å²) in [6, 6.07) is 13.1. The molecule has 2 aromatic carbocycles. The largest absolute Gasteiger partial charge is 0.493 e. The van der Waals surface area contributed by atoms with Gasteiger partial charge < -0.3 is 14.4 Å². The van der Waals surface area contributed by atoms with Crippen molar-refractivity contribution in [1.82, 2.24) is 9.47 Å². The molecule has 1 fully saturated rings. The Morgan fingerprint density at radius 2 is 1.81 bits per heavy atom. The lowest BCUT2D eigenvalue weighted by Crippen LogP contribution is -2.36. The number of aromatic nitrogens is 1. The zero-order valence-corrected chi connectivity index (χ0v) is 18.3. The number of ether oxygens (including phenoxy) is 2. The summed E-state index contributed by atoms with van der Waals surface area (Å²) in [6.45, 7) is 2.77. The van der Waals surface area contributed by atoms with Gasteiger partial charge >= 0.3 is 0 Å². The van der Waals surface area contributed by atoms with Gasteiger partial charge in [-0.2, -0.15) is 0 Å². The second-order valence-corrected chi connectivity index (χ2v) is 7.84. The van der Waals surface area contributed by atoms with Crippen molar-refractivity contribution in [3.05, 3.63) is 87.6 Å². The average Bonchev–Trinajstić information content (AvgIpc) is 3.29. The fourth-order valence-corrected chi connectivity index (χ4v) is 4.28. The van der Waals surface area contributed by atoms with E-state index in [1.165, 1.54) is 28.8 Å². The van der Waals surface area contributed by atoms with E-state index in [1.807, 2.05) is 18.2 Å². The summed E-state index contributed by atoms with van der Waals surface area (Å²) >= 11 is 0. The van der Waals surface area contributed by atoms with Crippen LogP contribution in [0.1, 0.15) is 33.8 Å². The Bertz CT molecular complexity index is 1200. The first kappa shape index (κ1) is 21.6. The second-order valence-electron chi connectivity index (χ2n) is 7.84. The number of halogens is 1. The Kier molecular flexibility index (Phi) is 5.99. The number of rotatable bonds is 5. The number of aryl methyl sites for hydroxylation is 1. The zero-order valence-electron chi connectivity index (χ0n) is 18.3. The lowest BCUT2D eigenvalue weighted by atomic mass is 9.97. The van der Waals surface area contributed by atoms with Crippen molar-refractivity contribution < 1.29 is 18.7 Å². The van der Waals surface area contributed by atoms with Crippen molar-refractivity contribution in [2.24, 2.45) is 0 Å². The highest BCUT2D eigenvalue weighted by molar-refractivity contribution is 5.95. The number of carbonyl (C=O) groups is 1. The number of benzene rings is 2. The molecule has 1 unspecified atom stereocenters. The summed E-state index contributed by atoms with van der Waals surface area (Å²) in [7, 11) is 3.20. The predicted molar refractivity (Wildman–Crippen MR) is 120 cm³/mol. The van der Waals surface area contributed by atoms with Crippen molar-refractivity contribution in [2.45, 2.75) is 19.3 Å². The zero-order chi connectivity index (χ0) is 22.8. The molecule has 0 aliphatic carbocycles. The van der Waals surface area contributed by atoms with Crippen molar-refractivity contribution in [3.8, 4) is 17.2 Å². The van der Waals surface area contributed by atoms with Crippen LogP contribution in [0.3, 0.4) is 0 Å². The van der Waals surface area contributed by atoms with E-state index in [-0.39, 0.29) is 23.2 Å². The molecule has 1 atom stereocenters. The molecule has 0 bridgehead atoms. The van der Waals surface area contributed by atoms with Crippen molar-refractivity contribution in [1.29, 1.82) is 0 Å². The summed E-state index contributed by atoms with van der Waals surface area (Å²) in [5.74, 6) is 0.710. The third-order valence-corrected chi connectivity index (χ3v) is 5.97. The van der Waals surface area contributed by atoms with E-state index in [9.17, 15) is 14.0 Å². The number of carbonyl (C=O) groups excluding carboxylic acids is 1. The first-order valence-corrected chi connectivity index (χ1v) is 10.4. The monoisotopic (exact) mass is 436 g/mol. The molecule has 1 aliphatic heterocycles. The normalized spacial score (nSPS) is 15.6. The van der Waals surface area contributed by atoms with E-state index >= 15 is 0 Å². The minimum absolute atomic E-state index is 0.0762. The lowest BCUT2D eigenvalue weighted by Gasteiger charge is -2.20. The maximum absolute atomic E-state index is 13.4. The number of amides is 1. The van der Waals surface area contributed by atoms with Gasteiger partial charge in [0.1, 0.15) is 11.4 Å². The minimum atomic E-state index is -0.413. The van der Waals surface area contributed by atoms with Gasteiger partial charge in [-0.3, -0.25) is 14.2 Å². The summed E-state index contributed by atoms with van der Waals surface area (Å²) in [5, 5.41) is 0. The number of hydrogen-bond donors (Lipinski definition) is 0. The van der Waals surface area contributed by atoms with Gasteiger partial charge in [0.25, 0.3) is 11.5 Å². The summed E-state index contributed by atoms with van der Waals surface area (Å²) in [5.41, 5.74) is 1.82. The van der Waals surface area contributed by atoms with Gasteiger partial charge in [0.05, 0.1) is 14.2 Å². The van der Waals surface area contributed by atoms with Crippen LogP contribution in [-0.2, 0) is 0 Å². The third kappa shape index (κ3) is 3.86. The Morgan fingerprint density at radius 3 is 2.50 bits per heavy atom. The molecule has 6 nitrogen and oxygen atoms in total. The standard InChI is InChI=1S/C25H25FN2O4/c1-16-11-14-28(19-9-7-18(26)8-10-19)25(30)22(16)24(29)27-13-12-17(15-27)20-5-4-6-21(31-2)23(20)32-3/h4-11,14,17H,12-13,15H2,1-3H3. The molecule has 7 heteroatoms. The number of pyridine rings is 1. The number of para-hydroxylation sites is 1. The van der Waals surface area contributed by atoms with Gasteiger partial charge in [-0.25, -0.2) is 4.39 Å². The van der Waals surface area contributed by atoms with Crippen molar-refractivity contribution in [3.63, 3.8) is 0 Å². The molecule has 0 radical (unpaired) electrons. The quantitative estimate of drug-likeness (QED) is 0.608. The Morgan fingerprint density at radius 1 is 1.06 bits per heavy atom. The highest BCUT2D eigenvalue weighted by atomic mass is 19.1. The van der Waals surface area contributed by atoms with Crippen molar-refractivity contribution >= 4 is 5.91 Å². The smallest absolute Gasteiger partial charge is 0.268 e. The summed E-state index contributed by atoms with van der Waals surface area (Å²) < 4.78 is 25.6.